The summed E-state index contributed by atoms with van der Waals surface area (Å²) in [6, 6.07) is 16.9. The quantitative estimate of drug-likeness (QED) is 0.819. The zero-order valence-corrected chi connectivity index (χ0v) is 13.7. The number of hydrogen-bond donors (Lipinski definition) is 1. The Balaban J connectivity index is 2.05. The minimum absolute atomic E-state index is 0.123. The van der Waals surface area contributed by atoms with Crippen LogP contribution in [-0.4, -0.2) is 11.2 Å². The highest BCUT2D eigenvalue weighted by Gasteiger charge is 2.15. The number of rotatable bonds is 4. The number of para-hydroxylation sites is 1. The fourth-order valence-corrected chi connectivity index (χ4v) is 3.20. The molecule has 2 aromatic rings. The standard InChI is InChI=1S/C16H13BrN2OS/c1-11(21-14-7-4-6-13(17)9-14)16(20)19-15-8-3-2-5-12(15)10-18/h2-9,11H,1H3,(H,19,20). The highest BCUT2D eigenvalue weighted by Crippen LogP contribution is 2.27. The summed E-state index contributed by atoms with van der Waals surface area (Å²) in [5, 5.41) is 11.6. The van der Waals surface area contributed by atoms with Gasteiger partial charge >= 0.3 is 0 Å². The van der Waals surface area contributed by atoms with Gasteiger partial charge in [-0.1, -0.05) is 34.1 Å². The summed E-state index contributed by atoms with van der Waals surface area (Å²) in [6.07, 6.45) is 0. The van der Waals surface area contributed by atoms with Gasteiger partial charge in [-0.25, -0.2) is 0 Å². The third kappa shape index (κ3) is 4.35. The minimum atomic E-state index is -0.258. The highest BCUT2D eigenvalue weighted by atomic mass is 79.9. The van der Waals surface area contributed by atoms with Crippen molar-refractivity contribution in [1.29, 1.82) is 5.26 Å². The van der Waals surface area contributed by atoms with Crippen LogP contribution in [0.25, 0.3) is 0 Å². The molecule has 2 aromatic carbocycles. The Labute approximate surface area is 136 Å². The van der Waals surface area contributed by atoms with Crippen LogP contribution in [0, 0.1) is 11.3 Å². The first-order valence-electron chi connectivity index (χ1n) is 6.32. The maximum Gasteiger partial charge on any atom is 0.237 e. The number of hydrogen-bond acceptors (Lipinski definition) is 3. The van der Waals surface area contributed by atoms with Gasteiger partial charge in [-0.2, -0.15) is 5.26 Å². The molecule has 1 N–H and O–H groups in total. The van der Waals surface area contributed by atoms with Gasteiger partial charge in [0.25, 0.3) is 0 Å². The summed E-state index contributed by atoms with van der Waals surface area (Å²) >= 11 is 4.89. The number of carbonyl (C=O) groups excluding carboxylic acids is 1. The summed E-state index contributed by atoms with van der Waals surface area (Å²) in [6.45, 7) is 1.84. The molecule has 0 aliphatic heterocycles. The lowest BCUT2D eigenvalue weighted by molar-refractivity contribution is -0.115. The van der Waals surface area contributed by atoms with E-state index >= 15 is 0 Å². The van der Waals surface area contributed by atoms with Crippen LogP contribution >= 0.6 is 27.7 Å². The molecule has 5 heteroatoms. The summed E-state index contributed by atoms with van der Waals surface area (Å²) in [5.41, 5.74) is 1.01. The smallest absolute Gasteiger partial charge is 0.237 e. The number of carbonyl (C=O) groups is 1. The zero-order chi connectivity index (χ0) is 15.2. The maximum absolute atomic E-state index is 12.2. The van der Waals surface area contributed by atoms with E-state index in [1.807, 2.05) is 31.2 Å². The molecule has 0 aliphatic carbocycles. The number of nitrogens with one attached hydrogen (secondary N) is 1. The molecule has 2 rings (SSSR count). The molecule has 1 amide bonds. The summed E-state index contributed by atoms with van der Waals surface area (Å²) in [4.78, 5) is 13.2. The molecule has 0 radical (unpaired) electrons. The Hall–Kier alpha value is -1.77. The van der Waals surface area contributed by atoms with Gasteiger partial charge in [0.2, 0.25) is 5.91 Å². The van der Waals surface area contributed by atoms with Gasteiger partial charge in [0, 0.05) is 9.37 Å². The Morgan fingerprint density at radius 1 is 1.29 bits per heavy atom. The normalized spacial score (nSPS) is 11.5. The highest BCUT2D eigenvalue weighted by molar-refractivity contribution is 9.10. The SMILES string of the molecule is CC(Sc1cccc(Br)c1)C(=O)Nc1ccccc1C#N. The Bertz CT molecular complexity index is 697. The average Bonchev–Trinajstić information content (AvgIpc) is 2.47. The van der Waals surface area contributed by atoms with E-state index < -0.39 is 0 Å². The molecule has 0 fully saturated rings. The first kappa shape index (κ1) is 15.6. The van der Waals surface area contributed by atoms with E-state index in [2.05, 4.69) is 27.3 Å². The van der Waals surface area contributed by atoms with Crippen molar-refractivity contribution in [2.75, 3.05) is 5.32 Å². The van der Waals surface area contributed by atoms with Crippen LogP contribution in [0.2, 0.25) is 0 Å². The molecule has 0 spiro atoms. The van der Waals surface area contributed by atoms with Gasteiger partial charge in [-0.3, -0.25) is 4.79 Å². The number of benzene rings is 2. The van der Waals surface area contributed by atoms with Crippen molar-refractivity contribution in [3.8, 4) is 6.07 Å². The molecule has 0 bridgehead atoms. The lowest BCUT2D eigenvalue weighted by Gasteiger charge is -2.13. The molecule has 0 aromatic heterocycles. The molecule has 0 saturated heterocycles. The predicted octanol–water partition coefficient (Wildman–Crippen LogP) is 4.44. The number of amides is 1. The number of thioether (sulfide) groups is 1. The van der Waals surface area contributed by atoms with Crippen molar-refractivity contribution >= 4 is 39.3 Å². The largest absolute Gasteiger partial charge is 0.324 e. The summed E-state index contributed by atoms with van der Waals surface area (Å²) in [7, 11) is 0. The van der Waals surface area contributed by atoms with Crippen molar-refractivity contribution in [2.24, 2.45) is 0 Å². The van der Waals surface area contributed by atoms with Crippen molar-refractivity contribution in [2.45, 2.75) is 17.1 Å². The molecule has 0 aliphatic rings. The first-order valence-corrected chi connectivity index (χ1v) is 7.99. The maximum atomic E-state index is 12.2. The first-order chi connectivity index (χ1) is 10.1. The van der Waals surface area contributed by atoms with Crippen LogP contribution in [0.1, 0.15) is 12.5 Å². The molecule has 106 valence electrons. The van der Waals surface area contributed by atoms with Crippen LogP contribution < -0.4 is 5.32 Å². The Morgan fingerprint density at radius 2 is 2.05 bits per heavy atom. The topological polar surface area (TPSA) is 52.9 Å². The van der Waals surface area contributed by atoms with Crippen LogP contribution in [0.15, 0.2) is 57.9 Å². The van der Waals surface area contributed by atoms with E-state index in [1.165, 1.54) is 11.8 Å². The second kappa shape index (κ2) is 7.30. The van der Waals surface area contributed by atoms with Crippen molar-refractivity contribution in [1.82, 2.24) is 0 Å². The second-order valence-corrected chi connectivity index (χ2v) is 6.69. The van der Waals surface area contributed by atoms with E-state index in [4.69, 9.17) is 5.26 Å². The molecule has 1 atom stereocenters. The van der Waals surface area contributed by atoms with Crippen molar-refractivity contribution in [3.05, 3.63) is 58.6 Å². The Morgan fingerprint density at radius 3 is 2.76 bits per heavy atom. The molecular formula is C16H13BrN2OS. The second-order valence-electron chi connectivity index (χ2n) is 4.36. The monoisotopic (exact) mass is 360 g/mol. The molecule has 21 heavy (non-hydrogen) atoms. The van der Waals surface area contributed by atoms with Crippen molar-refractivity contribution in [3.63, 3.8) is 0 Å². The van der Waals surface area contributed by atoms with Gasteiger partial charge in [-0.05, 0) is 37.3 Å². The van der Waals surface area contributed by atoms with Gasteiger partial charge < -0.3 is 5.32 Å². The van der Waals surface area contributed by atoms with Crippen molar-refractivity contribution < 1.29 is 4.79 Å². The number of nitrogens with zero attached hydrogens (tertiary/aromatic N) is 1. The van der Waals surface area contributed by atoms with E-state index in [-0.39, 0.29) is 11.2 Å². The van der Waals surface area contributed by atoms with Crippen LogP contribution in [0.3, 0.4) is 0 Å². The summed E-state index contributed by atoms with van der Waals surface area (Å²) in [5.74, 6) is -0.123. The fraction of sp³-hybridized carbons (Fsp3) is 0.125. The van der Waals surface area contributed by atoms with Gasteiger partial charge in [0.15, 0.2) is 0 Å². The van der Waals surface area contributed by atoms with Crippen LogP contribution in [-0.2, 0) is 4.79 Å². The molecule has 1 unspecified atom stereocenters. The molecule has 0 saturated carbocycles. The molecule has 0 heterocycles. The van der Waals surface area contributed by atoms with E-state index in [0.717, 1.165) is 9.37 Å². The van der Waals surface area contributed by atoms with E-state index in [1.54, 1.807) is 24.3 Å². The summed E-state index contributed by atoms with van der Waals surface area (Å²) < 4.78 is 0.981. The third-order valence-electron chi connectivity index (χ3n) is 2.78. The molecule has 3 nitrogen and oxygen atoms in total. The number of anilines is 1. The van der Waals surface area contributed by atoms with Crippen LogP contribution in [0.5, 0.6) is 0 Å². The Kier molecular flexibility index (Phi) is 5.43. The third-order valence-corrected chi connectivity index (χ3v) is 4.37. The predicted molar refractivity (Wildman–Crippen MR) is 89.2 cm³/mol. The van der Waals surface area contributed by atoms with Crippen LogP contribution in [0.4, 0.5) is 5.69 Å². The average molecular weight is 361 g/mol. The fourth-order valence-electron chi connectivity index (χ4n) is 1.72. The van der Waals surface area contributed by atoms with Gasteiger partial charge in [0.1, 0.15) is 6.07 Å². The van der Waals surface area contributed by atoms with E-state index in [0.29, 0.717) is 11.3 Å². The minimum Gasteiger partial charge on any atom is -0.324 e. The number of halogens is 1. The van der Waals surface area contributed by atoms with Gasteiger partial charge in [0.05, 0.1) is 16.5 Å². The molecular weight excluding hydrogens is 348 g/mol. The van der Waals surface area contributed by atoms with Gasteiger partial charge in [-0.15, -0.1) is 11.8 Å². The zero-order valence-electron chi connectivity index (χ0n) is 11.3. The lowest BCUT2D eigenvalue weighted by atomic mass is 10.2. The van der Waals surface area contributed by atoms with E-state index in [9.17, 15) is 4.79 Å². The lowest BCUT2D eigenvalue weighted by Crippen LogP contribution is -2.22. The number of nitriles is 1.